The Kier molecular flexibility index (Phi) is 3.76. The molecule has 1 atom stereocenters. The summed E-state index contributed by atoms with van der Waals surface area (Å²) in [6.07, 6.45) is 8.29. The van der Waals surface area contributed by atoms with Crippen molar-refractivity contribution in [1.82, 2.24) is 9.91 Å². The molecule has 3 aliphatic rings. The lowest BCUT2D eigenvalue weighted by atomic mass is 9.95. The van der Waals surface area contributed by atoms with E-state index in [1.807, 2.05) is 4.90 Å². The molecule has 5 heteroatoms. The molecule has 1 saturated heterocycles. The molecule has 2 amide bonds. The van der Waals surface area contributed by atoms with E-state index in [0.717, 1.165) is 19.4 Å². The highest BCUT2D eigenvalue weighted by molar-refractivity contribution is 6.39. The van der Waals surface area contributed by atoms with E-state index < -0.39 is 0 Å². The van der Waals surface area contributed by atoms with Gasteiger partial charge in [0.05, 0.1) is 0 Å². The minimum Gasteiger partial charge on any atom is -0.334 e. The van der Waals surface area contributed by atoms with E-state index in [4.69, 9.17) is 0 Å². The van der Waals surface area contributed by atoms with Gasteiger partial charge in [0.15, 0.2) is 0 Å². The summed E-state index contributed by atoms with van der Waals surface area (Å²) in [5.41, 5.74) is 0.567. The summed E-state index contributed by atoms with van der Waals surface area (Å²) in [7, 11) is 1.63. The van der Waals surface area contributed by atoms with Crippen LogP contribution in [-0.2, 0) is 9.59 Å². The molecule has 0 bridgehead atoms. The Morgan fingerprint density at radius 2 is 1.90 bits per heavy atom. The number of carbonyl (C=O) groups is 2. The number of nitrogens with zero attached hydrogens (tertiary/aromatic N) is 3. The molecule has 0 aromatic rings. The van der Waals surface area contributed by atoms with Gasteiger partial charge >= 0.3 is 0 Å². The van der Waals surface area contributed by atoms with Crippen LogP contribution in [0.3, 0.4) is 0 Å². The van der Waals surface area contributed by atoms with Crippen molar-refractivity contribution >= 4 is 17.5 Å². The van der Waals surface area contributed by atoms with Crippen LogP contribution in [0.2, 0.25) is 0 Å². The first-order valence-electron chi connectivity index (χ1n) is 7.82. The molecule has 0 aromatic heterocycles. The zero-order chi connectivity index (χ0) is 14.1. The van der Waals surface area contributed by atoms with Crippen LogP contribution < -0.4 is 0 Å². The SMILES string of the molecule is CN1N=C(C(=O)N2CCC[C@@H]2C2CCCC2)CCC1=O. The number of hydrazone groups is 1. The predicted molar refractivity (Wildman–Crippen MR) is 76.1 cm³/mol. The van der Waals surface area contributed by atoms with Gasteiger partial charge in [0.25, 0.3) is 5.91 Å². The standard InChI is InChI=1S/C15H23N3O2/c1-17-14(19)9-8-12(16-17)15(20)18-10-4-7-13(18)11-5-2-3-6-11/h11,13H,2-10H2,1H3/t13-/m1/s1. The molecule has 0 unspecified atom stereocenters. The van der Waals surface area contributed by atoms with E-state index in [9.17, 15) is 9.59 Å². The van der Waals surface area contributed by atoms with Crippen molar-refractivity contribution in [2.24, 2.45) is 11.0 Å². The molecule has 2 heterocycles. The summed E-state index contributed by atoms with van der Waals surface area (Å²) in [6.45, 7) is 0.858. The average molecular weight is 277 g/mol. The monoisotopic (exact) mass is 277 g/mol. The molecule has 3 rings (SSSR count). The van der Waals surface area contributed by atoms with Crippen LogP contribution in [0.4, 0.5) is 0 Å². The fourth-order valence-electron chi connectivity index (χ4n) is 3.87. The fourth-order valence-corrected chi connectivity index (χ4v) is 3.87. The minimum absolute atomic E-state index is 0.00434. The zero-order valence-corrected chi connectivity index (χ0v) is 12.2. The molecular formula is C15H23N3O2. The van der Waals surface area contributed by atoms with Gasteiger partial charge in [-0.2, -0.15) is 5.10 Å². The molecular weight excluding hydrogens is 254 g/mol. The lowest BCUT2D eigenvalue weighted by Gasteiger charge is -2.31. The number of rotatable bonds is 2. The number of hydrogen-bond donors (Lipinski definition) is 0. The Balaban J connectivity index is 1.72. The van der Waals surface area contributed by atoms with E-state index >= 15 is 0 Å². The van der Waals surface area contributed by atoms with Crippen LogP contribution >= 0.6 is 0 Å². The van der Waals surface area contributed by atoms with E-state index in [1.54, 1.807) is 7.05 Å². The van der Waals surface area contributed by atoms with Crippen LogP contribution in [-0.4, -0.2) is 47.1 Å². The smallest absolute Gasteiger partial charge is 0.270 e. The number of likely N-dealkylation sites (tertiary alicyclic amines) is 1. The van der Waals surface area contributed by atoms with Gasteiger partial charge in [0.2, 0.25) is 5.91 Å². The highest BCUT2D eigenvalue weighted by Crippen LogP contribution is 2.35. The first-order valence-corrected chi connectivity index (χ1v) is 7.82. The van der Waals surface area contributed by atoms with Crippen LogP contribution in [0, 0.1) is 5.92 Å². The molecule has 0 aromatic carbocycles. The summed E-state index contributed by atoms with van der Waals surface area (Å²) in [5, 5.41) is 5.49. The van der Waals surface area contributed by atoms with E-state index in [1.165, 1.54) is 30.7 Å². The third-order valence-electron chi connectivity index (χ3n) is 4.96. The maximum Gasteiger partial charge on any atom is 0.270 e. The third-order valence-corrected chi connectivity index (χ3v) is 4.96. The second-order valence-electron chi connectivity index (χ2n) is 6.22. The molecule has 1 saturated carbocycles. The summed E-state index contributed by atoms with van der Waals surface area (Å²) < 4.78 is 0. The molecule has 20 heavy (non-hydrogen) atoms. The number of hydrogen-bond acceptors (Lipinski definition) is 3. The summed E-state index contributed by atoms with van der Waals surface area (Å²) in [4.78, 5) is 26.2. The second-order valence-corrected chi connectivity index (χ2v) is 6.22. The van der Waals surface area contributed by atoms with Gasteiger partial charge in [0.1, 0.15) is 5.71 Å². The maximum absolute atomic E-state index is 12.7. The molecule has 5 nitrogen and oxygen atoms in total. The van der Waals surface area contributed by atoms with Gasteiger partial charge in [-0.1, -0.05) is 12.8 Å². The van der Waals surface area contributed by atoms with Crippen molar-refractivity contribution in [1.29, 1.82) is 0 Å². The molecule has 110 valence electrons. The topological polar surface area (TPSA) is 53.0 Å². The van der Waals surface area contributed by atoms with Crippen molar-refractivity contribution < 1.29 is 9.59 Å². The highest BCUT2D eigenvalue weighted by atomic mass is 16.2. The Labute approximate surface area is 120 Å². The summed E-state index contributed by atoms with van der Waals surface area (Å²) >= 11 is 0. The van der Waals surface area contributed by atoms with E-state index in [-0.39, 0.29) is 11.8 Å². The second kappa shape index (κ2) is 5.54. The van der Waals surface area contributed by atoms with Crippen molar-refractivity contribution in [3.8, 4) is 0 Å². The molecule has 2 fully saturated rings. The first kappa shape index (κ1) is 13.6. The molecule has 0 spiro atoms. The average Bonchev–Trinajstić information content (AvgIpc) is 3.10. The third kappa shape index (κ3) is 2.45. The Hall–Kier alpha value is -1.39. The fraction of sp³-hybridized carbons (Fsp3) is 0.800. The Morgan fingerprint density at radius 1 is 1.15 bits per heavy atom. The Morgan fingerprint density at radius 3 is 2.60 bits per heavy atom. The Bertz CT molecular complexity index is 440. The van der Waals surface area contributed by atoms with Crippen LogP contribution in [0.25, 0.3) is 0 Å². The van der Waals surface area contributed by atoms with Crippen LogP contribution in [0.1, 0.15) is 51.4 Å². The number of carbonyl (C=O) groups excluding carboxylic acids is 2. The number of amides is 2. The lowest BCUT2D eigenvalue weighted by molar-refractivity contribution is -0.131. The predicted octanol–water partition coefficient (Wildman–Crippen LogP) is 1.78. The summed E-state index contributed by atoms with van der Waals surface area (Å²) in [6, 6.07) is 0.413. The van der Waals surface area contributed by atoms with E-state index in [2.05, 4.69) is 5.10 Å². The van der Waals surface area contributed by atoms with Gasteiger partial charge in [-0.05, 0) is 31.6 Å². The molecule has 0 N–H and O–H groups in total. The van der Waals surface area contributed by atoms with Crippen molar-refractivity contribution in [2.45, 2.75) is 57.4 Å². The maximum atomic E-state index is 12.7. The van der Waals surface area contributed by atoms with Crippen molar-refractivity contribution in [2.75, 3.05) is 13.6 Å². The van der Waals surface area contributed by atoms with Gasteiger partial charge in [-0.3, -0.25) is 9.59 Å². The zero-order valence-electron chi connectivity index (χ0n) is 12.2. The lowest BCUT2D eigenvalue weighted by Crippen LogP contribution is -2.45. The van der Waals surface area contributed by atoms with Crippen molar-refractivity contribution in [3.05, 3.63) is 0 Å². The minimum atomic E-state index is -0.00434. The highest BCUT2D eigenvalue weighted by Gasteiger charge is 2.38. The van der Waals surface area contributed by atoms with Gasteiger partial charge in [-0.15, -0.1) is 0 Å². The molecule has 0 radical (unpaired) electrons. The van der Waals surface area contributed by atoms with E-state index in [0.29, 0.717) is 30.5 Å². The van der Waals surface area contributed by atoms with Crippen LogP contribution in [0.5, 0.6) is 0 Å². The first-order chi connectivity index (χ1) is 9.66. The largest absolute Gasteiger partial charge is 0.334 e. The van der Waals surface area contributed by atoms with Gasteiger partial charge < -0.3 is 4.90 Å². The normalized spacial score (nSPS) is 28.1. The van der Waals surface area contributed by atoms with Crippen molar-refractivity contribution in [3.63, 3.8) is 0 Å². The summed E-state index contributed by atoms with van der Waals surface area (Å²) in [5.74, 6) is 0.749. The van der Waals surface area contributed by atoms with Gasteiger partial charge in [0, 0.05) is 32.5 Å². The molecule has 1 aliphatic carbocycles. The quantitative estimate of drug-likeness (QED) is 0.772. The van der Waals surface area contributed by atoms with Crippen LogP contribution in [0.15, 0.2) is 5.10 Å². The molecule has 2 aliphatic heterocycles. The van der Waals surface area contributed by atoms with Gasteiger partial charge in [-0.25, -0.2) is 5.01 Å².